The van der Waals surface area contributed by atoms with E-state index >= 15 is 0 Å². The van der Waals surface area contributed by atoms with E-state index in [4.69, 9.17) is 5.73 Å². The molecule has 0 spiro atoms. The molecule has 1 unspecified atom stereocenters. The third kappa shape index (κ3) is 1.02. The first kappa shape index (κ1) is 8.72. The maximum absolute atomic E-state index is 9.24. The summed E-state index contributed by atoms with van der Waals surface area (Å²) in [6.45, 7) is 1.95. The number of hydrogen-bond donors (Lipinski definition) is 2. The molecule has 4 heteroatoms. The van der Waals surface area contributed by atoms with Crippen LogP contribution < -0.4 is 5.73 Å². The second-order valence-corrected chi connectivity index (χ2v) is 3.84. The first-order valence-corrected chi connectivity index (χ1v) is 4.51. The molecule has 2 rings (SSSR count). The molecule has 3 N–H and O–H groups in total. The lowest BCUT2D eigenvalue weighted by atomic mass is 9.94. The normalized spacial score (nSPS) is 26.5. The van der Waals surface area contributed by atoms with Crippen LogP contribution in [0.5, 0.6) is 0 Å². The number of rotatable bonds is 1. The van der Waals surface area contributed by atoms with Crippen molar-refractivity contribution in [2.24, 2.45) is 12.8 Å². The predicted molar refractivity (Wildman–Crippen MR) is 49.2 cm³/mol. The molecule has 1 atom stereocenters. The summed E-state index contributed by atoms with van der Waals surface area (Å²) in [7, 11) is 1.93. The van der Waals surface area contributed by atoms with Gasteiger partial charge in [0.15, 0.2) is 0 Å². The van der Waals surface area contributed by atoms with Crippen molar-refractivity contribution >= 4 is 0 Å². The summed E-state index contributed by atoms with van der Waals surface area (Å²) in [6, 6.07) is 0. The zero-order valence-corrected chi connectivity index (χ0v) is 8.04. The van der Waals surface area contributed by atoms with Gasteiger partial charge in [0.25, 0.3) is 0 Å². The van der Waals surface area contributed by atoms with Crippen molar-refractivity contribution in [3.05, 3.63) is 17.0 Å². The predicted octanol–water partition coefficient (Wildman–Crippen LogP) is -0.179. The number of aryl methyl sites for hydroxylation is 2. The number of hydrogen-bond acceptors (Lipinski definition) is 3. The van der Waals surface area contributed by atoms with Crippen molar-refractivity contribution in [2.45, 2.75) is 25.3 Å². The molecule has 1 aliphatic rings. The van der Waals surface area contributed by atoms with Gasteiger partial charge < -0.3 is 10.8 Å². The molecule has 4 nitrogen and oxygen atoms in total. The summed E-state index contributed by atoms with van der Waals surface area (Å²) in [6.07, 6.45) is 1.75. The van der Waals surface area contributed by atoms with Gasteiger partial charge in [0.1, 0.15) is 0 Å². The van der Waals surface area contributed by atoms with E-state index in [1.54, 1.807) is 0 Å². The molecule has 13 heavy (non-hydrogen) atoms. The molecule has 0 radical (unpaired) electrons. The first-order valence-electron chi connectivity index (χ1n) is 4.51. The van der Waals surface area contributed by atoms with Crippen molar-refractivity contribution in [1.82, 2.24) is 9.78 Å². The fourth-order valence-corrected chi connectivity index (χ4v) is 2.26. The molecule has 1 aromatic heterocycles. The quantitative estimate of drug-likeness (QED) is 0.631. The smallest absolute Gasteiger partial charge is 0.0684 e. The third-order valence-electron chi connectivity index (χ3n) is 2.93. The summed E-state index contributed by atoms with van der Waals surface area (Å²) in [5.41, 5.74) is 8.71. The second-order valence-electron chi connectivity index (χ2n) is 3.84. The van der Waals surface area contributed by atoms with Gasteiger partial charge in [-0.3, -0.25) is 4.68 Å². The van der Waals surface area contributed by atoms with E-state index in [2.05, 4.69) is 5.10 Å². The molecule has 0 aliphatic heterocycles. The van der Waals surface area contributed by atoms with Crippen LogP contribution in [-0.4, -0.2) is 21.5 Å². The number of aliphatic hydroxyl groups is 1. The van der Waals surface area contributed by atoms with Gasteiger partial charge in [0.2, 0.25) is 0 Å². The minimum absolute atomic E-state index is 0.00648. The van der Waals surface area contributed by atoms with Crippen molar-refractivity contribution in [2.75, 3.05) is 6.61 Å². The largest absolute Gasteiger partial charge is 0.394 e. The fraction of sp³-hybridized carbons (Fsp3) is 0.667. The Hall–Kier alpha value is -0.870. The van der Waals surface area contributed by atoms with E-state index in [1.807, 2.05) is 18.7 Å². The Labute approximate surface area is 77.4 Å². The van der Waals surface area contributed by atoms with Crippen molar-refractivity contribution in [3.8, 4) is 0 Å². The Morgan fingerprint density at radius 2 is 2.38 bits per heavy atom. The maximum atomic E-state index is 9.24. The van der Waals surface area contributed by atoms with E-state index in [-0.39, 0.29) is 6.61 Å². The van der Waals surface area contributed by atoms with Crippen LogP contribution in [0.3, 0.4) is 0 Å². The molecule has 72 valence electrons. The van der Waals surface area contributed by atoms with Gasteiger partial charge in [0.05, 0.1) is 17.8 Å². The highest BCUT2D eigenvalue weighted by atomic mass is 16.3. The van der Waals surface area contributed by atoms with Gasteiger partial charge in [-0.1, -0.05) is 0 Å². The van der Waals surface area contributed by atoms with E-state index in [0.29, 0.717) is 0 Å². The lowest BCUT2D eigenvalue weighted by molar-refractivity contribution is 0.196. The molecular formula is C9H15N3O. The Kier molecular flexibility index (Phi) is 1.72. The number of aliphatic hydroxyl groups excluding tert-OH is 1. The molecule has 0 bridgehead atoms. The fourth-order valence-electron chi connectivity index (χ4n) is 2.26. The zero-order chi connectivity index (χ0) is 9.64. The van der Waals surface area contributed by atoms with E-state index in [0.717, 1.165) is 24.1 Å². The van der Waals surface area contributed by atoms with Crippen LogP contribution in [0.15, 0.2) is 0 Å². The van der Waals surface area contributed by atoms with Gasteiger partial charge >= 0.3 is 0 Å². The Bertz CT molecular complexity index is 345. The van der Waals surface area contributed by atoms with Gasteiger partial charge in [-0.2, -0.15) is 5.10 Å². The Morgan fingerprint density at radius 3 is 3.00 bits per heavy atom. The second kappa shape index (κ2) is 2.56. The number of aromatic nitrogens is 2. The molecule has 0 aromatic carbocycles. The molecule has 1 aliphatic carbocycles. The highest BCUT2D eigenvalue weighted by Crippen LogP contribution is 2.36. The molecule has 0 amide bonds. The SMILES string of the molecule is Cc1nn(C)c2c1C(N)(CO)CC2. The molecule has 0 saturated heterocycles. The lowest BCUT2D eigenvalue weighted by Crippen LogP contribution is -2.38. The van der Waals surface area contributed by atoms with Gasteiger partial charge in [-0.05, 0) is 19.8 Å². The van der Waals surface area contributed by atoms with Crippen LogP contribution in [0.25, 0.3) is 0 Å². The number of fused-ring (bicyclic) bond motifs is 1. The summed E-state index contributed by atoms with van der Waals surface area (Å²) in [5.74, 6) is 0. The Balaban J connectivity index is 2.58. The summed E-state index contributed by atoms with van der Waals surface area (Å²) < 4.78 is 1.87. The molecular weight excluding hydrogens is 166 g/mol. The molecule has 1 heterocycles. The standard InChI is InChI=1S/C9H15N3O/c1-6-8-7(12(2)11-6)3-4-9(8,10)5-13/h13H,3-5,10H2,1-2H3. The van der Waals surface area contributed by atoms with Crippen molar-refractivity contribution < 1.29 is 5.11 Å². The van der Waals surface area contributed by atoms with Crippen LogP contribution in [0.2, 0.25) is 0 Å². The van der Waals surface area contributed by atoms with Crippen LogP contribution in [-0.2, 0) is 19.0 Å². The van der Waals surface area contributed by atoms with E-state index < -0.39 is 5.54 Å². The monoisotopic (exact) mass is 181 g/mol. The van der Waals surface area contributed by atoms with Crippen LogP contribution in [0, 0.1) is 6.92 Å². The van der Waals surface area contributed by atoms with E-state index in [9.17, 15) is 5.11 Å². The summed E-state index contributed by atoms with van der Waals surface area (Å²) in [4.78, 5) is 0. The van der Waals surface area contributed by atoms with Crippen LogP contribution >= 0.6 is 0 Å². The minimum Gasteiger partial charge on any atom is -0.394 e. The van der Waals surface area contributed by atoms with Gasteiger partial charge in [-0.15, -0.1) is 0 Å². The van der Waals surface area contributed by atoms with Gasteiger partial charge in [-0.25, -0.2) is 0 Å². The number of nitrogens with two attached hydrogens (primary N) is 1. The van der Waals surface area contributed by atoms with Crippen molar-refractivity contribution in [1.29, 1.82) is 0 Å². The summed E-state index contributed by atoms with van der Waals surface area (Å²) in [5, 5.41) is 13.5. The van der Waals surface area contributed by atoms with Crippen molar-refractivity contribution in [3.63, 3.8) is 0 Å². The highest BCUT2D eigenvalue weighted by Gasteiger charge is 2.38. The maximum Gasteiger partial charge on any atom is 0.0684 e. The summed E-state index contributed by atoms with van der Waals surface area (Å²) >= 11 is 0. The van der Waals surface area contributed by atoms with E-state index in [1.165, 1.54) is 5.69 Å². The first-order chi connectivity index (χ1) is 6.08. The van der Waals surface area contributed by atoms with Crippen LogP contribution in [0.1, 0.15) is 23.4 Å². The molecule has 0 fully saturated rings. The average Bonchev–Trinajstić information content (AvgIpc) is 2.56. The topological polar surface area (TPSA) is 64.1 Å². The van der Waals surface area contributed by atoms with Crippen LogP contribution in [0.4, 0.5) is 0 Å². The Morgan fingerprint density at radius 1 is 1.69 bits per heavy atom. The molecule has 0 saturated carbocycles. The zero-order valence-electron chi connectivity index (χ0n) is 8.04. The lowest BCUT2D eigenvalue weighted by Gasteiger charge is -2.21. The molecule has 1 aromatic rings. The minimum atomic E-state index is -0.548. The van der Waals surface area contributed by atoms with Gasteiger partial charge in [0, 0.05) is 18.3 Å². The third-order valence-corrected chi connectivity index (χ3v) is 2.93. The average molecular weight is 181 g/mol. The number of nitrogens with zero attached hydrogens (tertiary/aromatic N) is 2. The highest BCUT2D eigenvalue weighted by molar-refractivity contribution is 5.38.